The van der Waals surface area contributed by atoms with E-state index in [2.05, 4.69) is 32.4 Å². The molecule has 112 valence electrons. The highest BCUT2D eigenvalue weighted by atomic mass is 16.2. The van der Waals surface area contributed by atoms with Crippen molar-refractivity contribution in [3.63, 3.8) is 0 Å². The van der Waals surface area contributed by atoms with E-state index in [9.17, 15) is 4.79 Å². The van der Waals surface area contributed by atoms with E-state index in [1.54, 1.807) is 30.3 Å². The van der Waals surface area contributed by atoms with E-state index < -0.39 is 0 Å². The Kier molecular flexibility index (Phi) is 4.86. The molecule has 21 heavy (non-hydrogen) atoms. The number of nitrogens with zero attached hydrogens (tertiary/aromatic N) is 4. The van der Waals surface area contributed by atoms with Gasteiger partial charge in [-0.3, -0.25) is 9.89 Å². The lowest BCUT2D eigenvalue weighted by atomic mass is 10.2. The first kappa shape index (κ1) is 15.0. The number of H-pyrrole nitrogens is 1. The first-order chi connectivity index (χ1) is 10.1. The Morgan fingerprint density at radius 1 is 1.48 bits per heavy atom. The topological polar surface area (TPSA) is 86.8 Å². The van der Waals surface area contributed by atoms with Gasteiger partial charge in [0.05, 0.1) is 6.54 Å². The lowest BCUT2D eigenvalue weighted by molar-refractivity contribution is 0.0781. The van der Waals surface area contributed by atoms with Crippen molar-refractivity contribution in [1.82, 2.24) is 25.1 Å². The molecule has 7 heteroatoms. The third-order valence-corrected chi connectivity index (χ3v) is 2.93. The fraction of sp³-hybridized carbons (Fsp3) is 0.429. The van der Waals surface area contributed by atoms with Crippen molar-refractivity contribution in [1.29, 1.82) is 0 Å². The molecule has 0 aliphatic rings. The Balaban J connectivity index is 2.04. The van der Waals surface area contributed by atoms with E-state index in [0.717, 1.165) is 18.8 Å². The SMILES string of the molecule is CCCNc1cc(C(=O)N(C)Cc2n[nH]c(C)n2)ccn1. The second kappa shape index (κ2) is 6.83. The molecular weight excluding hydrogens is 268 g/mol. The number of hydrogen-bond donors (Lipinski definition) is 2. The zero-order chi connectivity index (χ0) is 15.2. The van der Waals surface area contributed by atoms with Crippen LogP contribution >= 0.6 is 0 Å². The van der Waals surface area contributed by atoms with Crippen molar-refractivity contribution < 1.29 is 4.79 Å². The summed E-state index contributed by atoms with van der Waals surface area (Å²) >= 11 is 0. The highest BCUT2D eigenvalue weighted by molar-refractivity contribution is 5.94. The first-order valence-electron chi connectivity index (χ1n) is 6.93. The molecule has 2 heterocycles. The molecule has 2 rings (SSSR count). The summed E-state index contributed by atoms with van der Waals surface area (Å²) in [5.74, 6) is 1.96. The molecule has 0 unspecified atom stereocenters. The summed E-state index contributed by atoms with van der Waals surface area (Å²) in [6, 6.07) is 3.47. The second-order valence-corrected chi connectivity index (χ2v) is 4.85. The van der Waals surface area contributed by atoms with Gasteiger partial charge in [0.25, 0.3) is 5.91 Å². The van der Waals surface area contributed by atoms with Gasteiger partial charge >= 0.3 is 0 Å². The van der Waals surface area contributed by atoms with Gasteiger partial charge < -0.3 is 10.2 Å². The maximum Gasteiger partial charge on any atom is 0.254 e. The predicted molar refractivity (Wildman–Crippen MR) is 79.9 cm³/mol. The summed E-state index contributed by atoms with van der Waals surface area (Å²) in [7, 11) is 1.73. The molecule has 0 fully saturated rings. The number of hydrogen-bond acceptors (Lipinski definition) is 5. The maximum atomic E-state index is 12.4. The van der Waals surface area contributed by atoms with Gasteiger partial charge in [-0.25, -0.2) is 9.97 Å². The van der Waals surface area contributed by atoms with Crippen LogP contribution < -0.4 is 5.32 Å². The average Bonchev–Trinajstić information content (AvgIpc) is 2.89. The number of anilines is 1. The molecule has 0 radical (unpaired) electrons. The molecule has 0 aliphatic carbocycles. The van der Waals surface area contributed by atoms with Crippen molar-refractivity contribution >= 4 is 11.7 Å². The summed E-state index contributed by atoms with van der Waals surface area (Å²) in [4.78, 5) is 22.4. The molecule has 0 atom stereocenters. The Bertz CT molecular complexity index is 609. The van der Waals surface area contributed by atoms with Gasteiger partial charge in [-0.2, -0.15) is 5.10 Å². The van der Waals surface area contributed by atoms with Gasteiger partial charge in [-0.15, -0.1) is 0 Å². The second-order valence-electron chi connectivity index (χ2n) is 4.85. The maximum absolute atomic E-state index is 12.4. The van der Waals surface area contributed by atoms with Crippen LogP contribution in [0.4, 0.5) is 5.82 Å². The molecule has 2 aromatic rings. The fourth-order valence-electron chi connectivity index (χ4n) is 1.88. The summed E-state index contributed by atoms with van der Waals surface area (Å²) in [5, 5.41) is 9.97. The number of carbonyl (C=O) groups is 1. The minimum Gasteiger partial charge on any atom is -0.370 e. The van der Waals surface area contributed by atoms with Crippen LogP contribution in [-0.2, 0) is 6.54 Å². The van der Waals surface area contributed by atoms with Gasteiger partial charge in [-0.05, 0) is 25.5 Å². The van der Waals surface area contributed by atoms with Gasteiger partial charge in [0.1, 0.15) is 11.6 Å². The van der Waals surface area contributed by atoms with E-state index in [4.69, 9.17) is 0 Å². The zero-order valence-electron chi connectivity index (χ0n) is 12.6. The number of aromatic nitrogens is 4. The molecule has 1 amide bonds. The minimum atomic E-state index is -0.0839. The molecule has 0 saturated carbocycles. The minimum absolute atomic E-state index is 0.0839. The molecule has 0 spiro atoms. The molecular formula is C14H20N6O. The van der Waals surface area contributed by atoms with Gasteiger partial charge in [-0.1, -0.05) is 6.92 Å². The van der Waals surface area contributed by atoms with Gasteiger partial charge in [0, 0.05) is 25.4 Å². The van der Waals surface area contributed by atoms with Crippen LogP contribution in [0.1, 0.15) is 35.4 Å². The average molecular weight is 288 g/mol. The Morgan fingerprint density at radius 2 is 2.29 bits per heavy atom. The number of nitrogens with one attached hydrogen (secondary N) is 2. The summed E-state index contributed by atoms with van der Waals surface area (Å²) in [6.45, 7) is 5.10. The molecule has 2 aromatic heterocycles. The van der Waals surface area contributed by atoms with Crippen LogP contribution in [0.3, 0.4) is 0 Å². The van der Waals surface area contributed by atoms with Crippen molar-refractivity contribution in [3.05, 3.63) is 35.5 Å². The van der Waals surface area contributed by atoms with Crippen LogP contribution in [0, 0.1) is 6.92 Å². The lowest BCUT2D eigenvalue weighted by Crippen LogP contribution is -2.27. The highest BCUT2D eigenvalue weighted by Gasteiger charge is 2.14. The Hall–Kier alpha value is -2.44. The molecule has 0 aliphatic heterocycles. The highest BCUT2D eigenvalue weighted by Crippen LogP contribution is 2.10. The lowest BCUT2D eigenvalue weighted by Gasteiger charge is -2.15. The van der Waals surface area contributed by atoms with E-state index >= 15 is 0 Å². The molecule has 2 N–H and O–H groups in total. The van der Waals surface area contributed by atoms with E-state index in [-0.39, 0.29) is 5.91 Å². The summed E-state index contributed by atoms with van der Waals surface area (Å²) in [5.41, 5.74) is 0.596. The zero-order valence-corrected chi connectivity index (χ0v) is 12.6. The van der Waals surface area contributed by atoms with Gasteiger partial charge in [0.2, 0.25) is 0 Å². The number of amides is 1. The predicted octanol–water partition coefficient (Wildman–Crippen LogP) is 1.60. The molecule has 0 saturated heterocycles. The smallest absolute Gasteiger partial charge is 0.254 e. The van der Waals surface area contributed by atoms with E-state index in [1.807, 2.05) is 6.92 Å². The molecule has 0 aromatic carbocycles. The quantitative estimate of drug-likeness (QED) is 0.843. The normalized spacial score (nSPS) is 10.4. The van der Waals surface area contributed by atoms with E-state index in [1.165, 1.54) is 0 Å². The van der Waals surface area contributed by atoms with Crippen LogP contribution in [0.5, 0.6) is 0 Å². The van der Waals surface area contributed by atoms with Crippen LogP contribution in [0.25, 0.3) is 0 Å². The third-order valence-electron chi connectivity index (χ3n) is 2.93. The largest absolute Gasteiger partial charge is 0.370 e. The van der Waals surface area contributed by atoms with Crippen molar-refractivity contribution in [2.45, 2.75) is 26.8 Å². The van der Waals surface area contributed by atoms with Crippen molar-refractivity contribution in [2.24, 2.45) is 0 Å². The number of pyridine rings is 1. The Labute approximate surface area is 123 Å². The number of aromatic amines is 1. The monoisotopic (exact) mass is 288 g/mol. The third kappa shape index (κ3) is 4.01. The first-order valence-corrected chi connectivity index (χ1v) is 6.93. The van der Waals surface area contributed by atoms with Crippen LogP contribution in [0.15, 0.2) is 18.3 Å². The molecule has 0 bridgehead atoms. The van der Waals surface area contributed by atoms with Crippen LogP contribution in [0.2, 0.25) is 0 Å². The summed E-state index contributed by atoms with van der Waals surface area (Å²) < 4.78 is 0. The molecule has 7 nitrogen and oxygen atoms in total. The summed E-state index contributed by atoms with van der Waals surface area (Å²) in [6.07, 6.45) is 2.64. The standard InChI is InChI=1S/C14H20N6O/c1-4-6-15-12-8-11(5-7-16-12)14(21)20(3)9-13-17-10(2)18-19-13/h5,7-8H,4,6,9H2,1-3H3,(H,15,16)(H,17,18,19). The van der Waals surface area contributed by atoms with Crippen LogP contribution in [-0.4, -0.2) is 44.6 Å². The van der Waals surface area contributed by atoms with E-state index in [0.29, 0.717) is 23.8 Å². The van der Waals surface area contributed by atoms with Gasteiger partial charge in [0.15, 0.2) is 5.82 Å². The van der Waals surface area contributed by atoms with Crippen molar-refractivity contribution in [3.8, 4) is 0 Å². The Morgan fingerprint density at radius 3 is 2.95 bits per heavy atom. The number of aryl methyl sites for hydroxylation is 1. The number of carbonyl (C=O) groups excluding carboxylic acids is 1. The van der Waals surface area contributed by atoms with Crippen molar-refractivity contribution in [2.75, 3.05) is 18.9 Å². The number of rotatable bonds is 6. The fourth-order valence-corrected chi connectivity index (χ4v) is 1.88.